The molecular weight excluding hydrogens is 243 g/mol. The Labute approximate surface area is 109 Å². The molecule has 0 radical (unpaired) electrons. The van der Waals surface area contributed by atoms with Crippen LogP contribution in [0, 0.1) is 12.7 Å². The lowest BCUT2D eigenvalue weighted by atomic mass is 10.2. The highest BCUT2D eigenvalue weighted by atomic mass is 19.1. The first-order chi connectivity index (χ1) is 9.15. The van der Waals surface area contributed by atoms with Crippen LogP contribution in [0.5, 0.6) is 0 Å². The molecule has 0 fully saturated rings. The summed E-state index contributed by atoms with van der Waals surface area (Å²) >= 11 is 0. The van der Waals surface area contributed by atoms with E-state index in [-0.39, 0.29) is 18.1 Å². The second-order valence-electron chi connectivity index (χ2n) is 4.63. The lowest BCUT2D eigenvalue weighted by Crippen LogP contribution is -2.17. The van der Waals surface area contributed by atoms with E-state index in [9.17, 15) is 9.18 Å². The molecule has 0 saturated heterocycles. The van der Waals surface area contributed by atoms with E-state index in [1.807, 2.05) is 25.1 Å². The SMILES string of the molecule is Cc1ccc2[nH]c(=O)n(Cc3ccccc3F)c2c1. The van der Waals surface area contributed by atoms with Gasteiger partial charge < -0.3 is 4.98 Å². The first kappa shape index (κ1) is 11.7. The number of fused-ring (bicyclic) bond motifs is 1. The second kappa shape index (κ2) is 4.39. The number of halogens is 1. The van der Waals surface area contributed by atoms with Crippen LogP contribution >= 0.6 is 0 Å². The Balaban J connectivity index is 2.15. The lowest BCUT2D eigenvalue weighted by molar-refractivity contribution is 0.599. The summed E-state index contributed by atoms with van der Waals surface area (Å²) in [6.07, 6.45) is 0. The van der Waals surface area contributed by atoms with Gasteiger partial charge in [-0.15, -0.1) is 0 Å². The molecule has 0 saturated carbocycles. The van der Waals surface area contributed by atoms with Gasteiger partial charge in [-0.2, -0.15) is 0 Å². The van der Waals surface area contributed by atoms with Crippen molar-refractivity contribution in [1.29, 1.82) is 0 Å². The van der Waals surface area contributed by atoms with Crippen molar-refractivity contribution in [3.63, 3.8) is 0 Å². The normalized spacial score (nSPS) is 11.1. The molecule has 0 aliphatic rings. The van der Waals surface area contributed by atoms with Crippen LogP contribution in [0.1, 0.15) is 11.1 Å². The number of aryl methyl sites for hydroxylation is 1. The van der Waals surface area contributed by atoms with Gasteiger partial charge in [-0.05, 0) is 30.7 Å². The Morgan fingerprint density at radius 3 is 2.79 bits per heavy atom. The molecule has 0 amide bonds. The fourth-order valence-corrected chi connectivity index (χ4v) is 2.22. The molecule has 0 atom stereocenters. The summed E-state index contributed by atoms with van der Waals surface area (Å²) in [5.41, 5.74) is 2.92. The molecule has 19 heavy (non-hydrogen) atoms. The summed E-state index contributed by atoms with van der Waals surface area (Å²) in [6, 6.07) is 12.2. The molecule has 1 heterocycles. The number of aromatic amines is 1. The molecule has 4 heteroatoms. The van der Waals surface area contributed by atoms with Gasteiger partial charge in [0.2, 0.25) is 0 Å². The Hall–Kier alpha value is -2.36. The van der Waals surface area contributed by atoms with E-state index in [4.69, 9.17) is 0 Å². The molecule has 3 aromatic rings. The number of rotatable bonds is 2. The zero-order chi connectivity index (χ0) is 13.4. The maximum Gasteiger partial charge on any atom is 0.326 e. The van der Waals surface area contributed by atoms with Gasteiger partial charge in [0, 0.05) is 5.56 Å². The topological polar surface area (TPSA) is 37.8 Å². The first-order valence-electron chi connectivity index (χ1n) is 6.08. The smallest absolute Gasteiger partial charge is 0.306 e. The van der Waals surface area contributed by atoms with Crippen molar-refractivity contribution in [2.24, 2.45) is 0 Å². The van der Waals surface area contributed by atoms with E-state index in [0.717, 1.165) is 16.6 Å². The minimum Gasteiger partial charge on any atom is -0.306 e. The first-order valence-corrected chi connectivity index (χ1v) is 6.08. The average molecular weight is 256 g/mol. The van der Waals surface area contributed by atoms with Gasteiger partial charge in [0.1, 0.15) is 5.82 Å². The van der Waals surface area contributed by atoms with Crippen LogP contribution in [0.3, 0.4) is 0 Å². The summed E-state index contributed by atoms with van der Waals surface area (Å²) in [5.74, 6) is -0.295. The van der Waals surface area contributed by atoms with Crippen LogP contribution in [0.2, 0.25) is 0 Å². The Morgan fingerprint density at radius 1 is 1.21 bits per heavy atom. The average Bonchev–Trinajstić information content (AvgIpc) is 2.69. The van der Waals surface area contributed by atoms with Crippen LogP contribution in [-0.2, 0) is 6.54 Å². The van der Waals surface area contributed by atoms with Crippen molar-refractivity contribution < 1.29 is 4.39 Å². The molecule has 0 aliphatic heterocycles. The van der Waals surface area contributed by atoms with Gasteiger partial charge in [0.25, 0.3) is 0 Å². The van der Waals surface area contributed by atoms with Gasteiger partial charge in [-0.25, -0.2) is 9.18 Å². The third-order valence-corrected chi connectivity index (χ3v) is 3.22. The molecule has 1 N–H and O–H groups in total. The van der Waals surface area contributed by atoms with E-state index in [1.165, 1.54) is 6.07 Å². The van der Waals surface area contributed by atoms with Gasteiger partial charge >= 0.3 is 5.69 Å². The van der Waals surface area contributed by atoms with Gasteiger partial charge in [-0.1, -0.05) is 24.3 Å². The summed E-state index contributed by atoms with van der Waals surface area (Å²) in [6.45, 7) is 2.19. The van der Waals surface area contributed by atoms with Crippen molar-refractivity contribution in [3.05, 3.63) is 69.9 Å². The monoisotopic (exact) mass is 256 g/mol. The number of imidazole rings is 1. The zero-order valence-corrected chi connectivity index (χ0v) is 10.5. The van der Waals surface area contributed by atoms with Gasteiger partial charge in [0.15, 0.2) is 0 Å². The fourth-order valence-electron chi connectivity index (χ4n) is 2.22. The second-order valence-corrected chi connectivity index (χ2v) is 4.63. The Bertz CT molecular complexity index is 801. The Morgan fingerprint density at radius 2 is 2.00 bits per heavy atom. The fraction of sp³-hybridized carbons (Fsp3) is 0.133. The molecule has 3 nitrogen and oxygen atoms in total. The summed E-state index contributed by atoms with van der Waals surface area (Å²) in [4.78, 5) is 14.7. The van der Waals surface area contributed by atoms with E-state index in [1.54, 1.807) is 22.8 Å². The summed E-state index contributed by atoms with van der Waals surface area (Å²) < 4.78 is 15.2. The van der Waals surface area contributed by atoms with E-state index >= 15 is 0 Å². The standard InChI is InChI=1S/C15H13FN2O/c1-10-6-7-13-14(8-10)18(15(19)17-13)9-11-4-2-3-5-12(11)16/h2-8H,9H2,1H3,(H,17,19). The summed E-state index contributed by atoms with van der Waals surface area (Å²) in [5, 5.41) is 0. The van der Waals surface area contributed by atoms with Crippen LogP contribution in [-0.4, -0.2) is 9.55 Å². The molecule has 2 aromatic carbocycles. The number of benzene rings is 2. The van der Waals surface area contributed by atoms with E-state index in [2.05, 4.69) is 4.98 Å². The highest BCUT2D eigenvalue weighted by Crippen LogP contribution is 2.15. The largest absolute Gasteiger partial charge is 0.326 e. The minimum absolute atomic E-state index is 0.219. The molecule has 0 aliphatic carbocycles. The maximum absolute atomic E-state index is 13.7. The van der Waals surface area contributed by atoms with Crippen LogP contribution in [0.15, 0.2) is 47.3 Å². The number of H-pyrrole nitrogens is 1. The molecular formula is C15H13FN2O. The van der Waals surface area contributed by atoms with Crippen molar-refractivity contribution >= 4 is 11.0 Å². The van der Waals surface area contributed by atoms with E-state index in [0.29, 0.717) is 5.56 Å². The molecule has 96 valence electrons. The maximum atomic E-state index is 13.7. The van der Waals surface area contributed by atoms with Crippen LogP contribution in [0.25, 0.3) is 11.0 Å². The summed E-state index contributed by atoms with van der Waals surface area (Å²) in [7, 11) is 0. The molecule has 0 spiro atoms. The number of nitrogens with zero attached hydrogens (tertiary/aromatic N) is 1. The number of nitrogens with one attached hydrogen (secondary N) is 1. The minimum atomic E-state index is -0.295. The highest BCUT2D eigenvalue weighted by Gasteiger charge is 2.09. The number of hydrogen-bond acceptors (Lipinski definition) is 1. The number of aromatic nitrogens is 2. The van der Waals surface area contributed by atoms with Crippen molar-refractivity contribution in [1.82, 2.24) is 9.55 Å². The van der Waals surface area contributed by atoms with Gasteiger partial charge in [-0.3, -0.25) is 4.57 Å². The van der Waals surface area contributed by atoms with Crippen LogP contribution < -0.4 is 5.69 Å². The Kier molecular flexibility index (Phi) is 2.71. The third-order valence-electron chi connectivity index (χ3n) is 3.22. The van der Waals surface area contributed by atoms with Crippen molar-refractivity contribution in [2.45, 2.75) is 13.5 Å². The quantitative estimate of drug-likeness (QED) is 0.752. The molecule has 3 rings (SSSR count). The van der Waals surface area contributed by atoms with Crippen LogP contribution in [0.4, 0.5) is 4.39 Å². The van der Waals surface area contributed by atoms with Crippen molar-refractivity contribution in [3.8, 4) is 0 Å². The zero-order valence-electron chi connectivity index (χ0n) is 10.5. The predicted molar refractivity (Wildman–Crippen MR) is 72.8 cm³/mol. The van der Waals surface area contributed by atoms with Gasteiger partial charge in [0.05, 0.1) is 17.6 Å². The highest BCUT2D eigenvalue weighted by molar-refractivity contribution is 5.76. The molecule has 0 unspecified atom stereocenters. The van der Waals surface area contributed by atoms with Crippen molar-refractivity contribution in [2.75, 3.05) is 0 Å². The lowest BCUT2D eigenvalue weighted by Gasteiger charge is -2.05. The molecule has 1 aromatic heterocycles. The van der Waals surface area contributed by atoms with E-state index < -0.39 is 0 Å². The molecule has 0 bridgehead atoms. The number of hydrogen-bond donors (Lipinski definition) is 1. The predicted octanol–water partition coefficient (Wildman–Crippen LogP) is 2.83. The third kappa shape index (κ3) is 2.05.